The Hall–Kier alpha value is -2.80. The van der Waals surface area contributed by atoms with E-state index in [2.05, 4.69) is 5.32 Å². The van der Waals surface area contributed by atoms with E-state index < -0.39 is 23.8 Å². The van der Waals surface area contributed by atoms with E-state index in [1.165, 1.54) is 25.1 Å². The van der Waals surface area contributed by atoms with Gasteiger partial charge in [0.1, 0.15) is 19.0 Å². The second kappa shape index (κ2) is 7.84. The third-order valence-electron chi connectivity index (χ3n) is 3.92. The van der Waals surface area contributed by atoms with Crippen LogP contribution in [0.1, 0.15) is 22.8 Å². The predicted molar refractivity (Wildman–Crippen MR) is 97.1 cm³/mol. The Bertz CT molecular complexity index is 902. The van der Waals surface area contributed by atoms with Gasteiger partial charge < -0.3 is 19.5 Å². The van der Waals surface area contributed by atoms with Crippen molar-refractivity contribution in [1.29, 1.82) is 0 Å². The Labute approximate surface area is 160 Å². The van der Waals surface area contributed by atoms with Gasteiger partial charge in [-0.2, -0.15) is 0 Å². The van der Waals surface area contributed by atoms with Gasteiger partial charge in [-0.1, -0.05) is 17.7 Å². The molecule has 1 aliphatic heterocycles. The molecule has 142 valence electrons. The number of anilines is 1. The van der Waals surface area contributed by atoms with Crippen LogP contribution in [0, 0.1) is 12.7 Å². The minimum absolute atomic E-state index is 0.130. The van der Waals surface area contributed by atoms with Gasteiger partial charge in [0.25, 0.3) is 5.91 Å². The number of halogens is 2. The molecule has 3 rings (SSSR count). The maximum atomic E-state index is 13.6. The van der Waals surface area contributed by atoms with Gasteiger partial charge >= 0.3 is 5.97 Å². The molecule has 1 atom stereocenters. The van der Waals surface area contributed by atoms with Crippen molar-refractivity contribution < 1.29 is 28.2 Å². The van der Waals surface area contributed by atoms with Gasteiger partial charge in [0, 0.05) is 5.69 Å². The number of carbonyl (C=O) groups is 2. The Morgan fingerprint density at radius 1 is 1.22 bits per heavy atom. The summed E-state index contributed by atoms with van der Waals surface area (Å²) in [4.78, 5) is 24.5. The zero-order valence-electron chi connectivity index (χ0n) is 14.7. The molecule has 1 heterocycles. The first-order valence-electron chi connectivity index (χ1n) is 8.22. The Morgan fingerprint density at radius 3 is 2.70 bits per heavy atom. The minimum atomic E-state index is -1.10. The number of hydrogen-bond acceptors (Lipinski definition) is 5. The van der Waals surface area contributed by atoms with Gasteiger partial charge in [-0.15, -0.1) is 0 Å². The second-order valence-electron chi connectivity index (χ2n) is 5.98. The highest BCUT2D eigenvalue weighted by Gasteiger charge is 2.23. The van der Waals surface area contributed by atoms with Crippen molar-refractivity contribution in [3.05, 3.63) is 52.3 Å². The third-order valence-corrected chi connectivity index (χ3v) is 4.21. The molecule has 6 nitrogen and oxygen atoms in total. The van der Waals surface area contributed by atoms with Crippen LogP contribution in [0.4, 0.5) is 10.1 Å². The average Bonchev–Trinajstić information content (AvgIpc) is 2.64. The monoisotopic (exact) mass is 393 g/mol. The van der Waals surface area contributed by atoms with E-state index in [0.29, 0.717) is 30.3 Å². The maximum Gasteiger partial charge on any atom is 0.339 e. The van der Waals surface area contributed by atoms with Crippen LogP contribution in [0.5, 0.6) is 11.5 Å². The van der Waals surface area contributed by atoms with E-state index in [4.69, 9.17) is 25.8 Å². The summed E-state index contributed by atoms with van der Waals surface area (Å²) in [6.07, 6.45) is -1.10. The molecule has 0 bridgehead atoms. The predicted octanol–water partition coefficient (Wildman–Crippen LogP) is 3.74. The van der Waals surface area contributed by atoms with Crippen molar-refractivity contribution >= 4 is 29.2 Å². The highest BCUT2D eigenvalue weighted by molar-refractivity contribution is 6.32. The van der Waals surface area contributed by atoms with Crippen molar-refractivity contribution in [2.45, 2.75) is 20.0 Å². The molecule has 1 amide bonds. The molecular weight excluding hydrogens is 377 g/mol. The lowest BCUT2D eigenvalue weighted by molar-refractivity contribution is -0.123. The van der Waals surface area contributed by atoms with E-state index in [1.807, 2.05) is 0 Å². The zero-order chi connectivity index (χ0) is 19.6. The molecule has 1 aliphatic rings. The summed E-state index contributed by atoms with van der Waals surface area (Å²) >= 11 is 6.10. The molecule has 0 radical (unpaired) electrons. The van der Waals surface area contributed by atoms with Crippen molar-refractivity contribution in [3.63, 3.8) is 0 Å². The van der Waals surface area contributed by atoms with Gasteiger partial charge in [-0.3, -0.25) is 4.79 Å². The quantitative estimate of drug-likeness (QED) is 0.801. The fourth-order valence-corrected chi connectivity index (χ4v) is 2.69. The van der Waals surface area contributed by atoms with Crippen LogP contribution in [0.25, 0.3) is 0 Å². The molecule has 0 fully saturated rings. The molecule has 2 aromatic rings. The number of ether oxygens (including phenoxy) is 3. The highest BCUT2D eigenvalue weighted by Crippen LogP contribution is 2.38. The first kappa shape index (κ1) is 19.0. The van der Waals surface area contributed by atoms with Crippen LogP contribution in [-0.4, -0.2) is 31.2 Å². The summed E-state index contributed by atoms with van der Waals surface area (Å²) in [6.45, 7) is 3.74. The number of aryl methyl sites for hydroxylation is 1. The summed E-state index contributed by atoms with van der Waals surface area (Å²) in [5, 5.41) is 2.72. The summed E-state index contributed by atoms with van der Waals surface area (Å²) in [6, 6.07) is 7.13. The lowest BCUT2D eigenvalue weighted by atomic mass is 10.2. The molecule has 1 N–H and O–H groups in total. The SMILES string of the molecule is Cc1ccc(NC(=O)C(C)OC(=O)c2cc(Cl)c3c(c2)OCCO3)cc1F. The largest absolute Gasteiger partial charge is 0.486 e. The Balaban J connectivity index is 1.67. The number of nitrogens with one attached hydrogen (secondary N) is 1. The molecule has 8 heteroatoms. The molecule has 0 aromatic heterocycles. The van der Waals surface area contributed by atoms with Gasteiger partial charge in [0.2, 0.25) is 0 Å². The zero-order valence-corrected chi connectivity index (χ0v) is 15.4. The summed E-state index contributed by atoms with van der Waals surface area (Å²) < 4.78 is 29.5. The topological polar surface area (TPSA) is 73.9 Å². The first-order valence-corrected chi connectivity index (χ1v) is 8.60. The number of amides is 1. The molecule has 0 aliphatic carbocycles. The van der Waals surface area contributed by atoms with Crippen molar-refractivity contribution in [1.82, 2.24) is 0 Å². The number of rotatable bonds is 4. The normalized spacial score (nSPS) is 13.6. The molecule has 0 saturated carbocycles. The van der Waals surface area contributed by atoms with E-state index >= 15 is 0 Å². The second-order valence-corrected chi connectivity index (χ2v) is 6.39. The molecule has 2 aromatic carbocycles. The minimum Gasteiger partial charge on any atom is -0.486 e. The average molecular weight is 394 g/mol. The molecule has 0 spiro atoms. The highest BCUT2D eigenvalue weighted by atomic mass is 35.5. The number of carbonyl (C=O) groups excluding carboxylic acids is 2. The van der Waals surface area contributed by atoms with Gasteiger partial charge in [0.05, 0.1) is 10.6 Å². The van der Waals surface area contributed by atoms with Crippen molar-refractivity contribution in [2.24, 2.45) is 0 Å². The Kier molecular flexibility index (Phi) is 5.51. The fraction of sp³-hybridized carbons (Fsp3) is 0.263. The van der Waals surface area contributed by atoms with Crippen LogP contribution >= 0.6 is 11.6 Å². The van der Waals surface area contributed by atoms with Crippen LogP contribution in [0.3, 0.4) is 0 Å². The molecule has 27 heavy (non-hydrogen) atoms. The first-order chi connectivity index (χ1) is 12.8. The van der Waals surface area contributed by atoms with Crippen molar-refractivity contribution in [2.75, 3.05) is 18.5 Å². The van der Waals surface area contributed by atoms with Gasteiger partial charge in [-0.25, -0.2) is 9.18 Å². The van der Waals surface area contributed by atoms with E-state index in [-0.39, 0.29) is 16.3 Å². The summed E-state index contributed by atoms with van der Waals surface area (Å²) in [5.41, 5.74) is 0.863. The van der Waals surface area contributed by atoms with Crippen LogP contribution in [0.2, 0.25) is 5.02 Å². The van der Waals surface area contributed by atoms with Crippen molar-refractivity contribution in [3.8, 4) is 11.5 Å². The van der Waals surface area contributed by atoms with Crippen LogP contribution in [0.15, 0.2) is 30.3 Å². The Morgan fingerprint density at radius 2 is 1.96 bits per heavy atom. The molecule has 1 unspecified atom stereocenters. The number of fused-ring (bicyclic) bond motifs is 1. The van der Waals surface area contributed by atoms with Crippen LogP contribution in [-0.2, 0) is 9.53 Å². The lowest BCUT2D eigenvalue weighted by Gasteiger charge is -2.20. The summed E-state index contributed by atoms with van der Waals surface area (Å²) in [5.74, 6) is -1.06. The van der Waals surface area contributed by atoms with E-state index in [0.717, 1.165) is 0 Å². The fourth-order valence-electron chi connectivity index (χ4n) is 2.43. The van der Waals surface area contributed by atoms with E-state index in [9.17, 15) is 14.0 Å². The standard InChI is InChI=1S/C19H17ClFNO5/c1-10-3-4-13(9-15(10)21)22-18(23)11(2)27-19(24)12-7-14(20)17-16(8-12)25-5-6-26-17/h3-4,7-9,11H,5-6H2,1-2H3,(H,22,23). The molecular formula is C19H17ClFNO5. The summed E-state index contributed by atoms with van der Waals surface area (Å²) in [7, 11) is 0. The number of benzene rings is 2. The smallest absolute Gasteiger partial charge is 0.339 e. The van der Waals surface area contributed by atoms with Crippen LogP contribution < -0.4 is 14.8 Å². The molecule has 0 saturated heterocycles. The number of hydrogen-bond donors (Lipinski definition) is 1. The van der Waals surface area contributed by atoms with E-state index in [1.54, 1.807) is 19.1 Å². The lowest BCUT2D eigenvalue weighted by Crippen LogP contribution is -2.30. The maximum absolute atomic E-state index is 13.6. The number of esters is 1. The van der Waals surface area contributed by atoms with Gasteiger partial charge in [0.15, 0.2) is 17.6 Å². The van der Waals surface area contributed by atoms with Gasteiger partial charge in [-0.05, 0) is 43.7 Å². The third kappa shape index (κ3) is 4.31.